The lowest BCUT2D eigenvalue weighted by atomic mass is 9.95. The van der Waals surface area contributed by atoms with Crippen molar-refractivity contribution in [3.63, 3.8) is 0 Å². The summed E-state index contributed by atoms with van der Waals surface area (Å²) in [4.78, 5) is 9.76. The number of aryl methyl sites for hydroxylation is 1. The molecule has 0 bridgehead atoms. The molecule has 0 saturated heterocycles. The molecule has 0 radical (unpaired) electrons. The molecule has 0 saturated carbocycles. The molecule has 0 unspecified atom stereocenters. The Bertz CT molecular complexity index is 611. The summed E-state index contributed by atoms with van der Waals surface area (Å²) in [6, 6.07) is 1.99. The van der Waals surface area contributed by atoms with E-state index in [2.05, 4.69) is 28.4 Å². The predicted molar refractivity (Wildman–Crippen MR) is 85.2 cm³/mol. The van der Waals surface area contributed by atoms with Crippen molar-refractivity contribution in [3.05, 3.63) is 42.6 Å². The Balaban J connectivity index is 2.21. The summed E-state index contributed by atoms with van der Waals surface area (Å²) in [6.45, 7) is 9.65. The second kappa shape index (κ2) is 6.15. The molecule has 0 aliphatic heterocycles. The van der Waals surface area contributed by atoms with Crippen LogP contribution >= 0.6 is 11.3 Å². The van der Waals surface area contributed by atoms with Gasteiger partial charge in [-0.25, -0.2) is 9.97 Å². The first-order valence-corrected chi connectivity index (χ1v) is 7.36. The zero-order valence-electron chi connectivity index (χ0n) is 11.6. The number of anilines is 1. The Morgan fingerprint density at radius 3 is 2.70 bits per heavy atom. The smallest absolute Gasteiger partial charge is 0.138 e. The Labute approximate surface area is 122 Å². The van der Waals surface area contributed by atoms with Crippen molar-refractivity contribution in [2.45, 2.75) is 25.4 Å². The van der Waals surface area contributed by atoms with Gasteiger partial charge in [-0.2, -0.15) is 0 Å². The molecule has 2 heterocycles. The fourth-order valence-electron chi connectivity index (χ4n) is 2.11. The van der Waals surface area contributed by atoms with E-state index in [4.69, 9.17) is 0 Å². The number of hydrogen-bond donors (Lipinski definition) is 2. The van der Waals surface area contributed by atoms with Gasteiger partial charge in [0.15, 0.2) is 0 Å². The first-order chi connectivity index (χ1) is 9.58. The second-order valence-electron chi connectivity index (χ2n) is 4.82. The van der Waals surface area contributed by atoms with Crippen molar-refractivity contribution in [2.75, 3.05) is 11.9 Å². The summed E-state index contributed by atoms with van der Waals surface area (Å²) in [5, 5.41) is 16.7. The van der Waals surface area contributed by atoms with Gasteiger partial charge in [0, 0.05) is 6.54 Å². The number of fused-ring (bicyclic) bond motifs is 1. The Morgan fingerprint density at radius 2 is 2.05 bits per heavy atom. The summed E-state index contributed by atoms with van der Waals surface area (Å²) in [7, 11) is 0. The maximum absolute atomic E-state index is 10.5. The van der Waals surface area contributed by atoms with E-state index in [1.807, 2.05) is 18.4 Å². The number of rotatable bonds is 7. The van der Waals surface area contributed by atoms with Gasteiger partial charge in [0.25, 0.3) is 0 Å². The molecule has 2 N–H and O–H groups in total. The number of aromatic nitrogens is 2. The van der Waals surface area contributed by atoms with E-state index in [-0.39, 0.29) is 0 Å². The maximum Gasteiger partial charge on any atom is 0.138 e. The van der Waals surface area contributed by atoms with Gasteiger partial charge < -0.3 is 10.4 Å². The van der Waals surface area contributed by atoms with Crippen LogP contribution < -0.4 is 5.32 Å². The van der Waals surface area contributed by atoms with Crippen LogP contribution in [0.5, 0.6) is 0 Å². The zero-order chi connectivity index (χ0) is 14.6. The molecular formula is C15H19N3OS. The lowest BCUT2D eigenvalue weighted by Crippen LogP contribution is -2.36. The molecule has 0 amide bonds. The summed E-state index contributed by atoms with van der Waals surface area (Å²) < 4.78 is 0. The highest BCUT2D eigenvalue weighted by atomic mass is 32.1. The highest BCUT2D eigenvalue weighted by Crippen LogP contribution is 2.26. The maximum atomic E-state index is 10.5. The van der Waals surface area contributed by atoms with Crippen molar-refractivity contribution in [1.82, 2.24) is 9.97 Å². The molecule has 0 aromatic carbocycles. The first kappa shape index (κ1) is 14.7. The number of nitrogens with one attached hydrogen (secondary N) is 1. The Hall–Kier alpha value is -1.72. The van der Waals surface area contributed by atoms with Crippen molar-refractivity contribution in [1.29, 1.82) is 0 Å². The summed E-state index contributed by atoms with van der Waals surface area (Å²) in [6.07, 6.45) is 4.44. The highest BCUT2D eigenvalue weighted by Gasteiger charge is 2.24. The normalized spacial score (nSPS) is 11.5. The number of hydrogen-bond acceptors (Lipinski definition) is 5. The van der Waals surface area contributed by atoms with Gasteiger partial charge >= 0.3 is 0 Å². The van der Waals surface area contributed by atoms with Gasteiger partial charge in [0.05, 0.1) is 11.0 Å². The van der Waals surface area contributed by atoms with Gasteiger partial charge in [-0.1, -0.05) is 12.2 Å². The van der Waals surface area contributed by atoms with Crippen molar-refractivity contribution in [2.24, 2.45) is 0 Å². The largest absolute Gasteiger partial charge is 0.387 e. The van der Waals surface area contributed by atoms with Crippen LogP contribution in [-0.4, -0.2) is 27.2 Å². The standard InChI is InChI=1S/C15H19N3OS/c1-4-7-15(19,8-5-2)10-16-13-12-6-9-20-14(12)18-11(3)17-13/h4-6,9,19H,1-2,7-8,10H2,3H3,(H,16,17,18). The third-order valence-electron chi connectivity index (χ3n) is 3.07. The van der Waals surface area contributed by atoms with Crippen LogP contribution in [0.25, 0.3) is 10.2 Å². The van der Waals surface area contributed by atoms with Gasteiger partial charge in [-0.15, -0.1) is 24.5 Å². The monoisotopic (exact) mass is 289 g/mol. The summed E-state index contributed by atoms with van der Waals surface area (Å²) in [5.74, 6) is 1.48. The molecule has 106 valence electrons. The molecule has 0 aliphatic carbocycles. The van der Waals surface area contributed by atoms with Crippen LogP contribution in [0.3, 0.4) is 0 Å². The van der Waals surface area contributed by atoms with Crippen molar-refractivity contribution in [3.8, 4) is 0 Å². The average Bonchev–Trinajstić information content (AvgIpc) is 2.84. The number of nitrogens with zero attached hydrogens (tertiary/aromatic N) is 2. The lowest BCUT2D eigenvalue weighted by Gasteiger charge is -2.26. The Morgan fingerprint density at radius 1 is 1.35 bits per heavy atom. The molecule has 2 aromatic heterocycles. The average molecular weight is 289 g/mol. The lowest BCUT2D eigenvalue weighted by molar-refractivity contribution is 0.0599. The van der Waals surface area contributed by atoms with Crippen LogP contribution in [0, 0.1) is 6.92 Å². The van der Waals surface area contributed by atoms with E-state index in [9.17, 15) is 5.11 Å². The Kier molecular flexibility index (Phi) is 4.52. The number of aliphatic hydroxyl groups is 1. The number of thiophene rings is 1. The molecule has 20 heavy (non-hydrogen) atoms. The van der Waals surface area contributed by atoms with E-state index in [0.29, 0.717) is 19.4 Å². The fraction of sp³-hybridized carbons (Fsp3) is 0.333. The molecule has 5 heteroatoms. The molecule has 0 spiro atoms. The molecule has 2 aromatic rings. The van der Waals surface area contributed by atoms with Gasteiger partial charge in [-0.3, -0.25) is 0 Å². The van der Waals surface area contributed by atoms with Gasteiger partial charge in [0.2, 0.25) is 0 Å². The molecule has 4 nitrogen and oxygen atoms in total. The zero-order valence-corrected chi connectivity index (χ0v) is 12.4. The molecule has 0 atom stereocenters. The van der Waals surface area contributed by atoms with Crippen LogP contribution in [-0.2, 0) is 0 Å². The quantitative estimate of drug-likeness (QED) is 0.768. The second-order valence-corrected chi connectivity index (χ2v) is 5.72. The minimum Gasteiger partial charge on any atom is -0.387 e. The minimum absolute atomic E-state index is 0.395. The molecule has 0 aliphatic rings. The molecule has 2 rings (SSSR count). The topological polar surface area (TPSA) is 58.0 Å². The summed E-state index contributed by atoms with van der Waals surface area (Å²) >= 11 is 1.58. The van der Waals surface area contributed by atoms with E-state index in [1.54, 1.807) is 23.5 Å². The van der Waals surface area contributed by atoms with Gasteiger partial charge in [-0.05, 0) is 31.2 Å². The van der Waals surface area contributed by atoms with E-state index in [0.717, 1.165) is 21.9 Å². The van der Waals surface area contributed by atoms with Crippen LogP contribution in [0.15, 0.2) is 36.8 Å². The van der Waals surface area contributed by atoms with E-state index < -0.39 is 5.60 Å². The van der Waals surface area contributed by atoms with E-state index >= 15 is 0 Å². The fourth-order valence-corrected chi connectivity index (χ4v) is 2.92. The predicted octanol–water partition coefficient (Wildman–Crippen LogP) is 3.29. The van der Waals surface area contributed by atoms with Gasteiger partial charge in [0.1, 0.15) is 16.5 Å². The summed E-state index contributed by atoms with van der Waals surface area (Å²) in [5.41, 5.74) is -0.884. The van der Waals surface area contributed by atoms with Crippen molar-refractivity contribution < 1.29 is 5.11 Å². The van der Waals surface area contributed by atoms with E-state index in [1.165, 1.54) is 0 Å². The van der Waals surface area contributed by atoms with Crippen LogP contribution in [0.2, 0.25) is 0 Å². The SMILES string of the molecule is C=CCC(O)(CC=C)CNc1nc(C)nc2sccc12. The molecular weight excluding hydrogens is 270 g/mol. The van der Waals surface area contributed by atoms with Crippen molar-refractivity contribution >= 4 is 27.4 Å². The third-order valence-corrected chi connectivity index (χ3v) is 3.88. The molecule has 0 fully saturated rings. The first-order valence-electron chi connectivity index (χ1n) is 6.48. The van der Waals surface area contributed by atoms with Crippen LogP contribution in [0.4, 0.5) is 5.82 Å². The van der Waals surface area contributed by atoms with Crippen LogP contribution in [0.1, 0.15) is 18.7 Å². The highest BCUT2D eigenvalue weighted by molar-refractivity contribution is 7.16. The third kappa shape index (κ3) is 3.23. The minimum atomic E-state index is -0.884.